The Morgan fingerprint density at radius 3 is 2.56 bits per heavy atom. The maximum Gasteiger partial charge on any atom is 0.421 e. The summed E-state index contributed by atoms with van der Waals surface area (Å²) in [6, 6.07) is 12.2. The van der Waals surface area contributed by atoms with E-state index in [1.165, 1.54) is 31.1 Å². The number of hydrazone groups is 1. The average molecular weight is 493 g/mol. The third-order valence-corrected chi connectivity index (χ3v) is 6.06. The molecule has 1 fully saturated rings. The molecule has 0 spiro atoms. The zero-order chi connectivity index (χ0) is 26.0. The van der Waals surface area contributed by atoms with E-state index in [1.54, 1.807) is 24.0 Å². The summed E-state index contributed by atoms with van der Waals surface area (Å²) in [5.41, 5.74) is 5.11. The smallest absolute Gasteiger partial charge is 0.421 e. The molecule has 0 aromatic heterocycles. The average Bonchev–Trinajstić information content (AvgIpc) is 3.22. The molecule has 2 N–H and O–H groups in total. The number of benzene rings is 2. The molecule has 0 saturated carbocycles. The van der Waals surface area contributed by atoms with Gasteiger partial charge in [-0.25, -0.2) is 19.3 Å². The van der Waals surface area contributed by atoms with Crippen molar-refractivity contribution in [1.82, 2.24) is 24.8 Å². The molecule has 11 heteroatoms. The molecule has 11 nitrogen and oxygen atoms in total. The molecular formula is C25H28N6O5. The number of rotatable bonds is 7. The molecule has 2 aliphatic heterocycles. The first kappa shape index (κ1) is 24.8. The second kappa shape index (κ2) is 10.1. The first-order chi connectivity index (χ1) is 17.2. The van der Waals surface area contributed by atoms with Gasteiger partial charge in [0.25, 0.3) is 5.91 Å². The predicted octanol–water partition coefficient (Wildman–Crippen LogP) is -0.148. The number of aliphatic hydroxyl groups excluding tert-OH is 1. The van der Waals surface area contributed by atoms with Gasteiger partial charge in [-0.2, -0.15) is 5.43 Å². The molecule has 0 radical (unpaired) electrons. The van der Waals surface area contributed by atoms with E-state index < -0.39 is 24.1 Å². The Balaban J connectivity index is 1.56. The summed E-state index contributed by atoms with van der Waals surface area (Å²) < 4.78 is 10.2. The van der Waals surface area contributed by atoms with E-state index in [4.69, 9.17) is 4.74 Å². The summed E-state index contributed by atoms with van der Waals surface area (Å²) in [5, 5.41) is 26.5. The molecule has 4 rings (SSSR count). The molecule has 2 aromatic rings. The number of imide groups is 1. The quantitative estimate of drug-likeness (QED) is 0.312. The fourth-order valence-electron chi connectivity index (χ4n) is 3.96. The highest BCUT2D eigenvalue weighted by molar-refractivity contribution is 6.23. The fraction of sp³-hybridized carbons (Fsp3) is 0.320. The summed E-state index contributed by atoms with van der Waals surface area (Å²) in [7, 11) is 2.94. The molecule has 0 aliphatic carbocycles. The van der Waals surface area contributed by atoms with Gasteiger partial charge in [0.15, 0.2) is 0 Å². The van der Waals surface area contributed by atoms with Crippen molar-refractivity contribution in [2.75, 3.05) is 27.2 Å². The first-order valence-corrected chi connectivity index (χ1v) is 11.4. The monoisotopic (exact) mass is 492 g/mol. The molecule has 0 bridgehead atoms. The van der Waals surface area contributed by atoms with Crippen LogP contribution in [0.1, 0.15) is 18.1 Å². The van der Waals surface area contributed by atoms with Gasteiger partial charge in [-0.15, -0.1) is 10.9 Å². The van der Waals surface area contributed by atoms with Crippen LogP contribution in [0.4, 0.5) is 4.79 Å². The number of urea groups is 1. The van der Waals surface area contributed by atoms with Crippen molar-refractivity contribution in [3.05, 3.63) is 59.7 Å². The van der Waals surface area contributed by atoms with Crippen LogP contribution in [0.5, 0.6) is 11.5 Å². The number of para-hydroxylation sites is 1. The summed E-state index contributed by atoms with van der Waals surface area (Å²) in [4.78, 5) is 29.4. The van der Waals surface area contributed by atoms with Gasteiger partial charge < -0.3 is 14.9 Å². The van der Waals surface area contributed by atoms with Crippen LogP contribution >= 0.6 is 0 Å². The van der Waals surface area contributed by atoms with Gasteiger partial charge in [-0.05, 0) is 31.0 Å². The fourth-order valence-corrected chi connectivity index (χ4v) is 3.96. The van der Waals surface area contributed by atoms with Crippen molar-refractivity contribution in [3.63, 3.8) is 0 Å². The largest absolute Gasteiger partial charge is 0.872 e. The maximum atomic E-state index is 13.1. The molecule has 2 atom stereocenters. The lowest BCUT2D eigenvalue weighted by Gasteiger charge is -2.32. The van der Waals surface area contributed by atoms with Crippen LogP contribution in [0.25, 0.3) is 0 Å². The van der Waals surface area contributed by atoms with Crippen LogP contribution < -0.4 is 19.9 Å². The number of likely N-dealkylation sites (N-methyl/N-ethyl adjacent to an activating group) is 2. The molecule has 2 aliphatic rings. The van der Waals surface area contributed by atoms with E-state index in [1.807, 2.05) is 31.2 Å². The van der Waals surface area contributed by atoms with Crippen LogP contribution in [0.3, 0.4) is 0 Å². The van der Waals surface area contributed by atoms with Crippen molar-refractivity contribution in [3.8, 4) is 11.5 Å². The standard InChI is InChI=1S/C25H28N6O5/c1-15-7-5-6-8-20(15)36-14-19(33)13-31-21-22(29(3)25(35)30(4)23(21)34)26-24(31)28-27-16(2)17-9-11-18(32)12-10-17/h5-12,19,21,33H,13-14H2,1-4H3,(H,27,32). The van der Waals surface area contributed by atoms with E-state index in [2.05, 4.69) is 15.2 Å². The van der Waals surface area contributed by atoms with Gasteiger partial charge in [0, 0.05) is 7.05 Å². The Labute approximate surface area is 208 Å². The highest BCUT2D eigenvalue weighted by Gasteiger charge is 2.55. The summed E-state index contributed by atoms with van der Waals surface area (Å²) in [6.07, 6.45) is -0.980. The summed E-state index contributed by atoms with van der Waals surface area (Å²) >= 11 is 0. The van der Waals surface area contributed by atoms with E-state index in [-0.39, 0.29) is 30.7 Å². The van der Waals surface area contributed by atoms with Gasteiger partial charge in [0.1, 0.15) is 18.5 Å². The Bertz CT molecular complexity index is 1270. The second-order valence-electron chi connectivity index (χ2n) is 8.65. The van der Waals surface area contributed by atoms with E-state index in [0.29, 0.717) is 11.5 Å². The number of carbonyl (C=O) groups is 2. The summed E-state index contributed by atoms with van der Waals surface area (Å²) in [6.45, 7) is 3.64. The first-order valence-electron chi connectivity index (χ1n) is 11.4. The molecule has 36 heavy (non-hydrogen) atoms. The van der Waals surface area contributed by atoms with Gasteiger partial charge in [0.05, 0.1) is 19.3 Å². The number of nitrogens with zero attached hydrogens (tertiary/aromatic N) is 5. The topological polar surface area (TPSA) is 135 Å². The van der Waals surface area contributed by atoms with Gasteiger partial charge >= 0.3 is 17.8 Å². The van der Waals surface area contributed by atoms with E-state index in [9.17, 15) is 19.8 Å². The van der Waals surface area contributed by atoms with Crippen molar-refractivity contribution in [2.24, 2.45) is 5.10 Å². The van der Waals surface area contributed by atoms with Crippen LogP contribution in [-0.4, -0.2) is 88.6 Å². The number of aryl methyl sites for hydroxylation is 1. The molecule has 3 amide bonds. The molecule has 188 valence electrons. The van der Waals surface area contributed by atoms with Crippen molar-refractivity contribution < 1.29 is 24.5 Å². The third-order valence-electron chi connectivity index (χ3n) is 6.06. The second-order valence-corrected chi connectivity index (χ2v) is 8.65. The van der Waals surface area contributed by atoms with Crippen molar-refractivity contribution in [1.29, 1.82) is 0 Å². The Morgan fingerprint density at radius 2 is 1.86 bits per heavy atom. The number of carbonyl (C=O) groups excluding carboxylic acids is 2. The number of nitrogens with one attached hydrogen (secondary N) is 1. The number of ether oxygens (including phenoxy) is 1. The highest BCUT2D eigenvalue weighted by atomic mass is 16.5. The lowest BCUT2D eigenvalue weighted by atomic mass is 10.1. The number of β-amino-alcohol motifs (C(OH)–C–C–N with tert-alkyl or cyclic N) is 1. The SMILES string of the molecule is C/C(=N/NC1=[N+]=C2C(C(=O)N(C)C(=O)N2C)N1CC(O)COc1ccccc1C)c1ccc([O-])cc1. The minimum Gasteiger partial charge on any atom is -0.872 e. The van der Waals surface area contributed by atoms with Crippen LogP contribution in [0.2, 0.25) is 0 Å². The summed E-state index contributed by atoms with van der Waals surface area (Å²) in [5.74, 6) is 0.519. The number of hydrogen-bond acceptors (Lipinski definition) is 8. The normalized spacial score (nSPS) is 18.6. The number of amides is 3. The molecule has 1 saturated heterocycles. The third kappa shape index (κ3) is 4.88. The van der Waals surface area contributed by atoms with Crippen LogP contribution in [-0.2, 0) is 4.79 Å². The number of fused-ring (bicyclic) bond motifs is 1. The minimum absolute atomic E-state index is 0.00701. The Kier molecular flexibility index (Phi) is 6.96. The van der Waals surface area contributed by atoms with E-state index >= 15 is 0 Å². The van der Waals surface area contributed by atoms with Crippen molar-refractivity contribution >= 4 is 29.4 Å². The zero-order valence-corrected chi connectivity index (χ0v) is 20.5. The predicted molar refractivity (Wildman–Crippen MR) is 132 cm³/mol. The lowest BCUT2D eigenvalue weighted by molar-refractivity contribution is -0.268. The Morgan fingerprint density at radius 1 is 1.17 bits per heavy atom. The van der Waals surface area contributed by atoms with Gasteiger partial charge in [0.2, 0.25) is 6.04 Å². The minimum atomic E-state index is -0.980. The van der Waals surface area contributed by atoms with E-state index in [0.717, 1.165) is 16.0 Å². The zero-order valence-electron chi connectivity index (χ0n) is 20.5. The number of amidine groups is 1. The number of hydrogen-bond donors (Lipinski definition) is 2. The van der Waals surface area contributed by atoms with Crippen LogP contribution in [0.15, 0.2) is 53.6 Å². The van der Waals surface area contributed by atoms with Crippen molar-refractivity contribution in [2.45, 2.75) is 26.0 Å². The van der Waals surface area contributed by atoms with Gasteiger partial charge in [-0.1, -0.05) is 42.5 Å². The molecular weight excluding hydrogens is 464 g/mol. The van der Waals surface area contributed by atoms with Crippen LogP contribution in [0, 0.1) is 6.92 Å². The lowest BCUT2D eigenvalue weighted by Crippen LogP contribution is -2.64. The molecule has 2 heterocycles. The molecule has 2 aromatic carbocycles. The maximum absolute atomic E-state index is 13.1. The number of aliphatic hydroxyl groups is 1. The van der Waals surface area contributed by atoms with Gasteiger partial charge in [-0.3, -0.25) is 9.69 Å². The highest BCUT2D eigenvalue weighted by Crippen LogP contribution is 2.20. The molecule has 2 unspecified atom stereocenters. The number of guanidine groups is 1. The Hall–Kier alpha value is -4.34.